The Balaban J connectivity index is 2.06. The molecule has 2 rings (SSSR count). The summed E-state index contributed by atoms with van der Waals surface area (Å²) in [7, 11) is 0. The maximum atomic E-state index is 12.0. The minimum absolute atomic E-state index is 0.0193. The summed E-state index contributed by atoms with van der Waals surface area (Å²) in [6.45, 7) is 0. The van der Waals surface area contributed by atoms with Gasteiger partial charge in [0.05, 0.1) is 22.1 Å². The van der Waals surface area contributed by atoms with E-state index in [0.717, 1.165) is 5.56 Å². The predicted octanol–water partition coefficient (Wildman–Crippen LogP) is 3.39. The van der Waals surface area contributed by atoms with E-state index in [1.165, 1.54) is 17.6 Å². The van der Waals surface area contributed by atoms with Crippen molar-refractivity contribution in [2.75, 3.05) is 0 Å². The molecule has 1 unspecified atom stereocenters. The Morgan fingerprint density at radius 2 is 1.86 bits per heavy atom. The number of nitrogens with zero attached hydrogens (tertiary/aromatic N) is 2. The maximum absolute atomic E-state index is 12.0. The van der Waals surface area contributed by atoms with Gasteiger partial charge in [0.2, 0.25) is 0 Å². The molecule has 0 aliphatic carbocycles. The number of hydrogen-bond donors (Lipinski definition) is 0. The van der Waals surface area contributed by atoms with Crippen molar-refractivity contribution >= 4 is 22.9 Å². The third kappa shape index (κ3) is 4.19. The summed E-state index contributed by atoms with van der Waals surface area (Å²) in [4.78, 5) is 10.4. The lowest BCUT2D eigenvalue weighted by Crippen LogP contribution is -2.00. The number of rotatable bonds is 5. The van der Waals surface area contributed by atoms with Gasteiger partial charge in [-0.05, 0) is 35.5 Å². The van der Waals surface area contributed by atoms with Crippen molar-refractivity contribution in [3.63, 3.8) is 0 Å². The molecule has 0 fully saturated rings. The van der Waals surface area contributed by atoms with Gasteiger partial charge in [-0.1, -0.05) is 24.3 Å². The van der Waals surface area contributed by atoms with Gasteiger partial charge in [-0.25, -0.2) is 0 Å². The second kappa shape index (κ2) is 7.41. The molecule has 0 amide bonds. The van der Waals surface area contributed by atoms with E-state index in [0.29, 0.717) is 16.9 Å². The van der Waals surface area contributed by atoms with E-state index in [9.17, 15) is 14.7 Å². The quantitative estimate of drug-likeness (QED) is 0.481. The van der Waals surface area contributed by atoms with Gasteiger partial charge in [0.1, 0.15) is 11.2 Å². The lowest BCUT2D eigenvalue weighted by Gasteiger charge is -2.05. The second-order valence-electron chi connectivity index (χ2n) is 4.45. The molecule has 6 heteroatoms. The van der Waals surface area contributed by atoms with Gasteiger partial charge in [-0.3, -0.25) is 10.1 Å². The SMILES string of the molecule is N#Cc1ccc(C[S+]([O-])/C=C/c2ccccc2[N+](=O)[O-])cc1. The summed E-state index contributed by atoms with van der Waals surface area (Å²) < 4.78 is 12.0. The first-order valence-corrected chi connectivity index (χ1v) is 7.76. The van der Waals surface area contributed by atoms with Crippen LogP contribution < -0.4 is 0 Å². The van der Waals surface area contributed by atoms with E-state index in [1.54, 1.807) is 42.5 Å². The van der Waals surface area contributed by atoms with E-state index < -0.39 is 16.1 Å². The number of para-hydroxylation sites is 1. The summed E-state index contributed by atoms with van der Waals surface area (Å²) in [5, 5.41) is 21.0. The van der Waals surface area contributed by atoms with Crippen molar-refractivity contribution in [1.29, 1.82) is 5.26 Å². The van der Waals surface area contributed by atoms with Crippen LogP contribution in [0.5, 0.6) is 0 Å². The zero-order valence-electron chi connectivity index (χ0n) is 11.5. The molecule has 0 spiro atoms. The lowest BCUT2D eigenvalue weighted by molar-refractivity contribution is -0.385. The van der Waals surface area contributed by atoms with Gasteiger partial charge < -0.3 is 4.55 Å². The smallest absolute Gasteiger partial charge is 0.276 e. The molecule has 0 aromatic heterocycles. The summed E-state index contributed by atoms with van der Waals surface area (Å²) in [6.07, 6.45) is 1.50. The Morgan fingerprint density at radius 1 is 1.18 bits per heavy atom. The number of nitro benzene ring substituents is 1. The highest BCUT2D eigenvalue weighted by molar-refractivity contribution is 7.93. The number of hydrogen-bond acceptors (Lipinski definition) is 4. The van der Waals surface area contributed by atoms with Crippen LogP contribution in [0.1, 0.15) is 16.7 Å². The third-order valence-corrected chi connectivity index (χ3v) is 3.98. The molecular weight excluding hydrogens is 300 g/mol. The van der Waals surface area contributed by atoms with Gasteiger partial charge in [0.15, 0.2) is 0 Å². The van der Waals surface area contributed by atoms with Gasteiger partial charge in [0.25, 0.3) is 5.69 Å². The average Bonchev–Trinajstić information content (AvgIpc) is 2.54. The van der Waals surface area contributed by atoms with Gasteiger partial charge in [-0.15, -0.1) is 0 Å². The molecule has 0 aliphatic heterocycles. The standard InChI is InChI=1S/C16H12N2O3S/c17-11-13-5-7-14(8-6-13)12-22(21)10-9-15-3-1-2-4-16(15)18(19)20/h1-10H,12H2/b10-9+. The molecule has 110 valence electrons. The predicted molar refractivity (Wildman–Crippen MR) is 85.1 cm³/mol. The Morgan fingerprint density at radius 3 is 2.50 bits per heavy atom. The largest absolute Gasteiger partial charge is 0.612 e. The highest BCUT2D eigenvalue weighted by Crippen LogP contribution is 2.20. The van der Waals surface area contributed by atoms with E-state index in [-0.39, 0.29) is 5.69 Å². The molecule has 0 heterocycles. The number of benzene rings is 2. The van der Waals surface area contributed by atoms with Crippen LogP contribution in [0.4, 0.5) is 5.69 Å². The van der Waals surface area contributed by atoms with E-state index in [4.69, 9.17) is 5.26 Å². The van der Waals surface area contributed by atoms with E-state index >= 15 is 0 Å². The molecule has 0 N–H and O–H groups in total. The molecule has 1 atom stereocenters. The zero-order chi connectivity index (χ0) is 15.9. The van der Waals surface area contributed by atoms with Gasteiger partial charge in [-0.2, -0.15) is 5.26 Å². The highest BCUT2D eigenvalue weighted by Gasteiger charge is 2.11. The first kappa shape index (κ1) is 15.8. The van der Waals surface area contributed by atoms with Crippen molar-refractivity contribution in [3.8, 4) is 6.07 Å². The fourth-order valence-corrected chi connectivity index (χ4v) is 2.75. The fourth-order valence-electron chi connectivity index (χ4n) is 1.83. The molecule has 0 saturated heterocycles. The Kier molecular flexibility index (Phi) is 5.31. The Labute approximate surface area is 130 Å². The second-order valence-corrected chi connectivity index (χ2v) is 5.77. The van der Waals surface area contributed by atoms with Crippen LogP contribution in [0.2, 0.25) is 0 Å². The minimum Gasteiger partial charge on any atom is -0.612 e. The molecule has 5 nitrogen and oxygen atoms in total. The average molecular weight is 312 g/mol. The summed E-state index contributed by atoms with van der Waals surface area (Å²) in [5.41, 5.74) is 1.78. The number of nitriles is 1. The zero-order valence-corrected chi connectivity index (χ0v) is 12.3. The molecule has 0 bridgehead atoms. The molecular formula is C16H12N2O3S. The Bertz CT molecular complexity index is 736. The molecule has 22 heavy (non-hydrogen) atoms. The van der Waals surface area contributed by atoms with Crippen molar-refractivity contribution < 1.29 is 9.48 Å². The van der Waals surface area contributed by atoms with Crippen LogP contribution in [-0.4, -0.2) is 9.48 Å². The lowest BCUT2D eigenvalue weighted by atomic mass is 10.2. The van der Waals surface area contributed by atoms with Gasteiger partial charge in [0, 0.05) is 11.6 Å². The van der Waals surface area contributed by atoms with Crippen LogP contribution >= 0.6 is 0 Å². The minimum atomic E-state index is -1.29. The van der Waals surface area contributed by atoms with Crippen LogP contribution in [0.25, 0.3) is 6.08 Å². The van der Waals surface area contributed by atoms with E-state index in [2.05, 4.69) is 0 Å². The molecule has 0 radical (unpaired) electrons. The molecule has 2 aromatic carbocycles. The maximum Gasteiger partial charge on any atom is 0.276 e. The highest BCUT2D eigenvalue weighted by atomic mass is 32.2. The molecule has 2 aromatic rings. The summed E-state index contributed by atoms with van der Waals surface area (Å²) in [6, 6.07) is 15.1. The third-order valence-electron chi connectivity index (χ3n) is 2.92. The van der Waals surface area contributed by atoms with Crippen molar-refractivity contribution in [1.82, 2.24) is 0 Å². The fraction of sp³-hybridized carbons (Fsp3) is 0.0625. The molecule has 0 aliphatic rings. The van der Waals surface area contributed by atoms with Crippen molar-refractivity contribution in [2.45, 2.75) is 5.75 Å². The molecule has 0 saturated carbocycles. The van der Waals surface area contributed by atoms with E-state index in [1.807, 2.05) is 6.07 Å². The first-order chi connectivity index (χ1) is 10.6. The van der Waals surface area contributed by atoms with Crippen LogP contribution in [0.3, 0.4) is 0 Å². The van der Waals surface area contributed by atoms with Crippen molar-refractivity contribution in [3.05, 3.63) is 80.7 Å². The van der Waals surface area contributed by atoms with Gasteiger partial charge >= 0.3 is 0 Å². The normalized spacial score (nSPS) is 12.0. The topological polar surface area (TPSA) is 90.0 Å². The monoisotopic (exact) mass is 312 g/mol. The summed E-state index contributed by atoms with van der Waals surface area (Å²) >= 11 is -1.29. The van der Waals surface area contributed by atoms with Crippen molar-refractivity contribution in [2.24, 2.45) is 0 Å². The first-order valence-electron chi connectivity index (χ1n) is 6.38. The van der Waals surface area contributed by atoms with Crippen LogP contribution in [0, 0.1) is 21.4 Å². The van der Waals surface area contributed by atoms with Crippen LogP contribution in [0.15, 0.2) is 53.9 Å². The Hall–Kier alpha value is -2.62. The summed E-state index contributed by atoms with van der Waals surface area (Å²) in [5.74, 6) is 0.294. The number of nitro groups is 1. The van der Waals surface area contributed by atoms with Crippen LogP contribution in [-0.2, 0) is 16.9 Å².